The molecule has 0 aromatic rings. The van der Waals surface area contributed by atoms with Crippen molar-refractivity contribution >= 4 is 0 Å². The Hall–Kier alpha value is -0.120. The third-order valence-corrected chi connectivity index (χ3v) is 8.47. The lowest BCUT2D eigenvalue weighted by atomic mass is 9.75. The van der Waals surface area contributed by atoms with E-state index in [1.54, 1.807) is 0 Å². The first-order valence-corrected chi connectivity index (χ1v) is 14.7. The van der Waals surface area contributed by atoms with Crippen LogP contribution in [0.4, 0.5) is 0 Å². The van der Waals surface area contributed by atoms with Crippen LogP contribution in [0, 0.1) is 23.7 Å². The molecular formula is C29H61N3. The molecule has 4 N–H and O–H groups in total. The molecule has 3 heteroatoms. The Morgan fingerprint density at radius 2 is 1.50 bits per heavy atom. The molecule has 0 radical (unpaired) electrons. The van der Waals surface area contributed by atoms with E-state index in [9.17, 15) is 0 Å². The first kappa shape index (κ1) is 29.9. The fourth-order valence-electron chi connectivity index (χ4n) is 6.03. The van der Waals surface area contributed by atoms with E-state index >= 15 is 0 Å². The Labute approximate surface area is 202 Å². The van der Waals surface area contributed by atoms with Crippen LogP contribution >= 0.6 is 0 Å². The topological polar surface area (TPSA) is 50.1 Å². The van der Waals surface area contributed by atoms with Gasteiger partial charge in [-0.3, -0.25) is 10.6 Å². The third kappa shape index (κ3) is 12.4. The largest absolute Gasteiger partial charge is 0.330 e. The van der Waals surface area contributed by atoms with E-state index in [1.807, 2.05) is 0 Å². The Bertz CT molecular complexity index is 421. The first-order valence-electron chi connectivity index (χ1n) is 14.7. The molecule has 192 valence electrons. The molecule has 0 heterocycles. The van der Waals surface area contributed by atoms with E-state index in [1.165, 1.54) is 96.3 Å². The molecule has 6 unspecified atom stereocenters. The molecule has 1 fully saturated rings. The van der Waals surface area contributed by atoms with E-state index in [-0.39, 0.29) is 0 Å². The van der Waals surface area contributed by atoms with Gasteiger partial charge in [-0.2, -0.15) is 0 Å². The molecule has 0 aliphatic heterocycles. The maximum atomic E-state index is 6.32. The molecule has 0 bridgehead atoms. The maximum absolute atomic E-state index is 6.32. The van der Waals surface area contributed by atoms with Crippen molar-refractivity contribution in [3.05, 3.63) is 0 Å². The smallest absolute Gasteiger partial charge is 0.0546 e. The van der Waals surface area contributed by atoms with Crippen molar-refractivity contribution in [3.63, 3.8) is 0 Å². The summed E-state index contributed by atoms with van der Waals surface area (Å²) in [5.74, 6) is 3.23. The number of hydrogen-bond acceptors (Lipinski definition) is 3. The van der Waals surface area contributed by atoms with Crippen LogP contribution in [0.3, 0.4) is 0 Å². The summed E-state index contributed by atoms with van der Waals surface area (Å²) in [5, 5.41) is 7.89. The molecule has 1 rings (SSSR count). The van der Waals surface area contributed by atoms with Gasteiger partial charge in [-0.25, -0.2) is 0 Å². The van der Waals surface area contributed by atoms with Gasteiger partial charge >= 0.3 is 0 Å². The third-order valence-electron chi connectivity index (χ3n) is 8.47. The minimum absolute atomic E-state index is 0.357. The molecule has 0 amide bonds. The lowest BCUT2D eigenvalue weighted by Gasteiger charge is -2.35. The molecule has 1 aliphatic carbocycles. The van der Waals surface area contributed by atoms with Crippen molar-refractivity contribution in [2.24, 2.45) is 29.4 Å². The normalized spacial score (nSPS) is 21.1. The van der Waals surface area contributed by atoms with Crippen LogP contribution in [-0.2, 0) is 0 Å². The minimum Gasteiger partial charge on any atom is -0.330 e. The second-order valence-electron chi connectivity index (χ2n) is 11.3. The van der Waals surface area contributed by atoms with Gasteiger partial charge in [0.2, 0.25) is 0 Å². The lowest BCUT2D eigenvalue weighted by Crippen LogP contribution is -2.52. The van der Waals surface area contributed by atoms with Gasteiger partial charge in [0.15, 0.2) is 0 Å². The predicted octanol–water partition coefficient (Wildman–Crippen LogP) is 7.64. The second-order valence-corrected chi connectivity index (χ2v) is 11.3. The summed E-state index contributed by atoms with van der Waals surface area (Å²) >= 11 is 0. The zero-order chi connectivity index (χ0) is 23.8. The van der Waals surface area contributed by atoms with Gasteiger partial charge in [-0.05, 0) is 62.8 Å². The van der Waals surface area contributed by atoms with Crippen LogP contribution in [0.5, 0.6) is 0 Å². The number of nitrogens with one attached hydrogen (secondary N) is 2. The summed E-state index contributed by atoms with van der Waals surface area (Å²) in [6.07, 6.45) is 20.8. The number of hydrogen-bond donors (Lipinski definition) is 3. The molecule has 0 aromatic carbocycles. The van der Waals surface area contributed by atoms with Crippen molar-refractivity contribution in [1.29, 1.82) is 0 Å². The van der Waals surface area contributed by atoms with Crippen LogP contribution in [0.15, 0.2) is 0 Å². The Kier molecular flexibility index (Phi) is 17.0. The molecule has 0 aromatic heterocycles. The Morgan fingerprint density at radius 3 is 2.09 bits per heavy atom. The Morgan fingerprint density at radius 1 is 0.812 bits per heavy atom. The molecule has 3 nitrogen and oxygen atoms in total. The fraction of sp³-hybridized carbons (Fsp3) is 1.00. The van der Waals surface area contributed by atoms with Gasteiger partial charge < -0.3 is 5.73 Å². The van der Waals surface area contributed by atoms with Gasteiger partial charge in [0.1, 0.15) is 0 Å². The van der Waals surface area contributed by atoms with Crippen LogP contribution in [0.1, 0.15) is 138 Å². The van der Waals surface area contributed by atoms with Crippen LogP contribution in [0.25, 0.3) is 0 Å². The minimum atomic E-state index is 0.357. The fourth-order valence-corrected chi connectivity index (χ4v) is 6.03. The lowest BCUT2D eigenvalue weighted by molar-refractivity contribution is 0.193. The highest BCUT2D eigenvalue weighted by molar-refractivity contribution is 4.83. The highest BCUT2D eigenvalue weighted by Gasteiger charge is 2.27. The van der Waals surface area contributed by atoms with E-state index < -0.39 is 0 Å². The second kappa shape index (κ2) is 18.2. The summed E-state index contributed by atoms with van der Waals surface area (Å²) in [6, 6.07) is 1.16. The summed E-state index contributed by atoms with van der Waals surface area (Å²) in [4.78, 5) is 0. The SMILES string of the molecule is CCCC(CCCCCC(C)CC)NC(C)NC(CC)C(CN)CC(C)C1CCCCC1. The van der Waals surface area contributed by atoms with E-state index in [4.69, 9.17) is 5.73 Å². The molecular weight excluding hydrogens is 390 g/mol. The average molecular weight is 452 g/mol. The summed E-state index contributed by atoms with van der Waals surface area (Å²) in [6.45, 7) is 15.0. The molecule has 0 saturated heterocycles. The van der Waals surface area contributed by atoms with E-state index in [0.717, 1.165) is 24.3 Å². The average Bonchev–Trinajstić information content (AvgIpc) is 2.81. The van der Waals surface area contributed by atoms with Crippen molar-refractivity contribution in [1.82, 2.24) is 10.6 Å². The maximum Gasteiger partial charge on any atom is 0.0546 e. The molecule has 32 heavy (non-hydrogen) atoms. The molecule has 6 atom stereocenters. The van der Waals surface area contributed by atoms with Crippen molar-refractivity contribution in [2.45, 2.75) is 156 Å². The summed E-state index contributed by atoms with van der Waals surface area (Å²) < 4.78 is 0. The summed E-state index contributed by atoms with van der Waals surface area (Å²) in [7, 11) is 0. The zero-order valence-electron chi connectivity index (χ0n) is 22.9. The van der Waals surface area contributed by atoms with E-state index in [0.29, 0.717) is 24.2 Å². The summed E-state index contributed by atoms with van der Waals surface area (Å²) in [5.41, 5.74) is 6.32. The molecule has 0 spiro atoms. The number of unbranched alkanes of at least 4 members (excludes halogenated alkanes) is 2. The number of nitrogens with two attached hydrogens (primary N) is 1. The van der Waals surface area contributed by atoms with E-state index in [2.05, 4.69) is 52.2 Å². The van der Waals surface area contributed by atoms with Gasteiger partial charge in [-0.15, -0.1) is 0 Å². The zero-order valence-corrected chi connectivity index (χ0v) is 22.9. The first-order chi connectivity index (χ1) is 15.4. The monoisotopic (exact) mass is 451 g/mol. The Balaban J connectivity index is 2.46. The highest BCUT2D eigenvalue weighted by Crippen LogP contribution is 2.34. The van der Waals surface area contributed by atoms with Gasteiger partial charge in [0.05, 0.1) is 6.17 Å². The van der Waals surface area contributed by atoms with Crippen LogP contribution in [-0.4, -0.2) is 24.8 Å². The van der Waals surface area contributed by atoms with Gasteiger partial charge in [0, 0.05) is 12.1 Å². The van der Waals surface area contributed by atoms with Crippen molar-refractivity contribution in [2.75, 3.05) is 6.54 Å². The quantitative estimate of drug-likeness (QED) is 0.140. The van der Waals surface area contributed by atoms with Crippen LogP contribution in [0.2, 0.25) is 0 Å². The predicted molar refractivity (Wildman–Crippen MR) is 144 cm³/mol. The highest BCUT2D eigenvalue weighted by atomic mass is 15.1. The number of rotatable bonds is 19. The van der Waals surface area contributed by atoms with Gasteiger partial charge in [-0.1, -0.05) is 105 Å². The van der Waals surface area contributed by atoms with Crippen LogP contribution < -0.4 is 16.4 Å². The van der Waals surface area contributed by atoms with Crippen molar-refractivity contribution < 1.29 is 0 Å². The molecule has 1 aliphatic rings. The van der Waals surface area contributed by atoms with Crippen molar-refractivity contribution in [3.8, 4) is 0 Å². The standard InChI is InChI=1S/C29H61N3/c1-7-16-28(20-15-10-12-17-23(4)8-2)31-25(6)32-29(9-3)27(22-30)21-24(5)26-18-13-11-14-19-26/h23-29,31-32H,7-22,30H2,1-6H3. The van der Waals surface area contributed by atoms with Gasteiger partial charge in [0.25, 0.3) is 0 Å². The molecule has 1 saturated carbocycles.